The van der Waals surface area contributed by atoms with Crippen LogP contribution in [-0.4, -0.2) is 37.2 Å². The second-order valence-electron chi connectivity index (χ2n) is 17.5. The van der Waals surface area contributed by atoms with Gasteiger partial charge in [-0.05, 0) is 19.3 Å². The molecule has 0 aromatic carbocycles. The van der Waals surface area contributed by atoms with Crippen molar-refractivity contribution in [1.29, 1.82) is 0 Å². The van der Waals surface area contributed by atoms with Crippen LogP contribution in [0.2, 0.25) is 0 Å². The van der Waals surface area contributed by atoms with E-state index in [1.165, 1.54) is 193 Å². The average molecular weight is 807 g/mol. The molecule has 338 valence electrons. The monoisotopic (exact) mass is 807 g/mol. The zero-order valence-electron chi connectivity index (χ0n) is 38.6. The lowest BCUT2D eigenvalue weighted by atomic mass is 10.0. The summed E-state index contributed by atoms with van der Waals surface area (Å²) in [4.78, 5) is 37.8. The van der Waals surface area contributed by atoms with Gasteiger partial charge in [0.1, 0.15) is 13.2 Å². The van der Waals surface area contributed by atoms with Gasteiger partial charge >= 0.3 is 17.9 Å². The third-order valence-electron chi connectivity index (χ3n) is 11.6. The highest BCUT2D eigenvalue weighted by Crippen LogP contribution is 2.17. The molecule has 0 radical (unpaired) electrons. The van der Waals surface area contributed by atoms with Crippen LogP contribution in [-0.2, 0) is 28.6 Å². The van der Waals surface area contributed by atoms with Crippen LogP contribution in [0, 0.1) is 0 Å². The van der Waals surface area contributed by atoms with E-state index in [1.807, 2.05) is 0 Å². The first-order chi connectivity index (χ1) is 28.0. The van der Waals surface area contributed by atoms with Gasteiger partial charge < -0.3 is 14.2 Å². The van der Waals surface area contributed by atoms with Crippen molar-refractivity contribution in [1.82, 2.24) is 0 Å². The minimum Gasteiger partial charge on any atom is -0.462 e. The minimum atomic E-state index is -0.758. The quantitative estimate of drug-likeness (QED) is 0.0346. The van der Waals surface area contributed by atoms with Gasteiger partial charge in [-0.25, -0.2) is 0 Å². The summed E-state index contributed by atoms with van der Waals surface area (Å²) in [6.45, 7) is 6.66. The number of carbonyl (C=O) groups is 3. The van der Waals surface area contributed by atoms with Gasteiger partial charge in [-0.3, -0.25) is 14.4 Å². The van der Waals surface area contributed by atoms with E-state index in [2.05, 4.69) is 20.8 Å². The summed E-state index contributed by atoms with van der Waals surface area (Å²) in [6, 6.07) is 0. The summed E-state index contributed by atoms with van der Waals surface area (Å²) in [5.74, 6) is -0.845. The number of unbranched alkanes of at least 4 members (excludes halogenated alkanes) is 36. The van der Waals surface area contributed by atoms with Gasteiger partial charge in [-0.15, -0.1) is 0 Å². The molecular weight excluding hydrogens is 709 g/mol. The summed E-state index contributed by atoms with van der Waals surface area (Å²) in [5, 5.41) is 0. The fourth-order valence-electron chi connectivity index (χ4n) is 7.74. The van der Waals surface area contributed by atoms with E-state index in [0.29, 0.717) is 19.3 Å². The van der Waals surface area contributed by atoms with E-state index in [4.69, 9.17) is 14.2 Å². The molecule has 1 atom stereocenters. The lowest BCUT2D eigenvalue weighted by Crippen LogP contribution is -2.30. The van der Waals surface area contributed by atoms with Crippen molar-refractivity contribution < 1.29 is 28.6 Å². The summed E-state index contributed by atoms with van der Waals surface area (Å²) in [7, 11) is 0. The van der Waals surface area contributed by atoms with Crippen LogP contribution in [0.15, 0.2) is 0 Å². The fraction of sp³-hybridized carbons (Fsp3) is 0.941. The zero-order chi connectivity index (χ0) is 41.5. The van der Waals surface area contributed by atoms with Gasteiger partial charge in [0.25, 0.3) is 0 Å². The van der Waals surface area contributed by atoms with E-state index in [1.54, 1.807) is 0 Å². The maximum Gasteiger partial charge on any atom is 0.306 e. The third kappa shape index (κ3) is 45.3. The molecule has 0 saturated carbocycles. The summed E-state index contributed by atoms with van der Waals surface area (Å²) >= 11 is 0. The van der Waals surface area contributed by atoms with Crippen LogP contribution in [0.1, 0.15) is 290 Å². The van der Waals surface area contributed by atoms with Gasteiger partial charge in [-0.1, -0.05) is 252 Å². The third-order valence-corrected chi connectivity index (χ3v) is 11.6. The Morgan fingerprint density at radius 1 is 0.281 bits per heavy atom. The number of hydrogen-bond acceptors (Lipinski definition) is 6. The first-order valence-electron chi connectivity index (χ1n) is 25.5. The number of carbonyl (C=O) groups excluding carboxylic acids is 3. The molecule has 0 aliphatic rings. The van der Waals surface area contributed by atoms with E-state index in [0.717, 1.165) is 57.8 Å². The fourth-order valence-corrected chi connectivity index (χ4v) is 7.74. The van der Waals surface area contributed by atoms with Gasteiger partial charge in [0.15, 0.2) is 6.10 Å². The van der Waals surface area contributed by atoms with Crippen molar-refractivity contribution in [3.05, 3.63) is 0 Å². The highest BCUT2D eigenvalue weighted by molar-refractivity contribution is 5.71. The SMILES string of the molecule is CCCCCCCCCCCCCCCCCC(=O)OCC(COC(=O)CCCCCCCCCCC)OC(=O)CCCCCCCCCCCCCCCCC. The number of rotatable bonds is 47. The van der Waals surface area contributed by atoms with Crippen molar-refractivity contribution in [3.8, 4) is 0 Å². The Bertz CT molecular complexity index is 844. The molecule has 0 aromatic rings. The largest absolute Gasteiger partial charge is 0.462 e. The summed E-state index contributed by atoms with van der Waals surface area (Å²) < 4.78 is 16.8. The molecule has 0 N–H and O–H groups in total. The maximum atomic E-state index is 12.8. The van der Waals surface area contributed by atoms with Crippen LogP contribution in [0.4, 0.5) is 0 Å². The van der Waals surface area contributed by atoms with Crippen molar-refractivity contribution in [2.45, 2.75) is 297 Å². The smallest absolute Gasteiger partial charge is 0.306 e. The van der Waals surface area contributed by atoms with Crippen molar-refractivity contribution >= 4 is 17.9 Å². The predicted octanol–water partition coefficient (Wildman–Crippen LogP) is 16.4. The molecule has 0 amide bonds. The molecule has 0 saturated heterocycles. The van der Waals surface area contributed by atoms with Crippen molar-refractivity contribution in [2.75, 3.05) is 13.2 Å². The molecule has 57 heavy (non-hydrogen) atoms. The maximum absolute atomic E-state index is 12.8. The molecule has 1 unspecified atom stereocenters. The van der Waals surface area contributed by atoms with Crippen LogP contribution in [0.25, 0.3) is 0 Å². The normalized spacial score (nSPS) is 11.8. The summed E-state index contributed by atoms with van der Waals surface area (Å²) in [6.07, 6.45) is 49.4. The standard InChI is InChI=1S/C51H98O6/c1-4-7-10-13-16-19-21-23-25-27-29-32-35-38-41-44-50(53)56-47-48(46-55-49(52)43-40-37-34-31-18-15-12-9-6-3)57-51(54)45-42-39-36-33-30-28-26-24-22-20-17-14-11-8-5-2/h48H,4-47H2,1-3H3. The Morgan fingerprint density at radius 3 is 0.702 bits per heavy atom. The molecule has 0 spiro atoms. The van der Waals surface area contributed by atoms with E-state index in [-0.39, 0.29) is 31.1 Å². The topological polar surface area (TPSA) is 78.9 Å². The second-order valence-corrected chi connectivity index (χ2v) is 17.5. The molecule has 6 heteroatoms. The first kappa shape index (κ1) is 55.4. The predicted molar refractivity (Wildman–Crippen MR) is 243 cm³/mol. The summed E-state index contributed by atoms with van der Waals surface area (Å²) in [5.41, 5.74) is 0. The van der Waals surface area contributed by atoms with Crippen LogP contribution >= 0.6 is 0 Å². The molecule has 0 aromatic heterocycles. The Balaban J connectivity index is 4.26. The van der Waals surface area contributed by atoms with Crippen molar-refractivity contribution in [2.24, 2.45) is 0 Å². The molecule has 0 aliphatic heterocycles. The zero-order valence-corrected chi connectivity index (χ0v) is 38.6. The lowest BCUT2D eigenvalue weighted by Gasteiger charge is -2.18. The highest BCUT2D eigenvalue weighted by atomic mass is 16.6. The molecule has 0 bridgehead atoms. The van der Waals surface area contributed by atoms with Crippen LogP contribution in [0.5, 0.6) is 0 Å². The van der Waals surface area contributed by atoms with Gasteiger partial charge in [-0.2, -0.15) is 0 Å². The Kier molecular flexibility index (Phi) is 45.8. The minimum absolute atomic E-state index is 0.0620. The Labute approximate surface area is 355 Å². The molecule has 0 fully saturated rings. The molecule has 0 aliphatic carbocycles. The first-order valence-corrected chi connectivity index (χ1v) is 25.5. The Morgan fingerprint density at radius 2 is 0.474 bits per heavy atom. The molecular formula is C51H98O6. The van der Waals surface area contributed by atoms with Crippen LogP contribution in [0.3, 0.4) is 0 Å². The lowest BCUT2D eigenvalue weighted by molar-refractivity contribution is -0.167. The van der Waals surface area contributed by atoms with E-state index >= 15 is 0 Å². The van der Waals surface area contributed by atoms with Gasteiger partial charge in [0, 0.05) is 19.3 Å². The highest BCUT2D eigenvalue weighted by Gasteiger charge is 2.19. The number of esters is 3. The second kappa shape index (κ2) is 47.1. The Hall–Kier alpha value is -1.59. The molecule has 0 heterocycles. The van der Waals surface area contributed by atoms with E-state index in [9.17, 15) is 14.4 Å². The van der Waals surface area contributed by atoms with E-state index < -0.39 is 6.10 Å². The number of hydrogen-bond donors (Lipinski definition) is 0. The van der Waals surface area contributed by atoms with Crippen molar-refractivity contribution in [3.63, 3.8) is 0 Å². The average Bonchev–Trinajstić information content (AvgIpc) is 3.21. The van der Waals surface area contributed by atoms with Gasteiger partial charge in [0.05, 0.1) is 0 Å². The number of ether oxygens (including phenoxy) is 3. The van der Waals surface area contributed by atoms with Gasteiger partial charge in [0.2, 0.25) is 0 Å². The van der Waals surface area contributed by atoms with Crippen LogP contribution < -0.4 is 0 Å². The molecule has 0 rings (SSSR count). The molecule has 6 nitrogen and oxygen atoms in total.